The number of thioether (sulfide) groups is 1. The van der Waals surface area contributed by atoms with Gasteiger partial charge in [-0.05, 0) is 74.5 Å². The van der Waals surface area contributed by atoms with E-state index in [1.807, 2.05) is 6.92 Å². The Balaban J connectivity index is 1.55. The monoisotopic (exact) mass is 532 g/mol. The number of hydrogen-bond acceptors (Lipinski definition) is 7. The second-order valence-corrected chi connectivity index (χ2v) is 9.21. The van der Waals surface area contributed by atoms with Crippen molar-refractivity contribution in [2.75, 3.05) is 23.0 Å². The molecule has 1 atom stereocenters. The van der Waals surface area contributed by atoms with Crippen molar-refractivity contribution in [1.29, 1.82) is 5.26 Å². The zero-order valence-corrected chi connectivity index (χ0v) is 21.5. The number of carbonyl (C=O) groups is 2. The molecule has 0 radical (unpaired) electrons. The van der Waals surface area contributed by atoms with Crippen molar-refractivity contribution in [3.05, 3.63) is 100 Å². The number of allylic oxidation sites excluding steroid dienone is 2. The number of nitriles is 1. The lowest BCUT2D eigenvalue weighted by Crippen LogP contribution is -2.31. The molecule has 1 aromatic heterocycles. The van der Waals surface area contributed by atoms with Crippen molar-refractivity contribution in [2.45, 2.75) is 19.8 Å². The Morgan fingerprint density at radius 1 is 1.11 bits per heavy atom. The summed E-state index contributed by atoms with van der Waals surface area (Å²) < 4.78 is 24.2. The number of nitrogens with one attached hydrogen (secondary N) is 3. The van der Waals surface area contributed by atoms with Crippen LogP contribution in [0.5, 0.6) is 5.75 Å². The molecule has 38 heavy (non-hydrogen) atoms. The highest BCUT2D eigenvalue weighted by atomic mass is 32.2. The predicted octanol–water partition coefficient (Wildman–Crippen LogP) is 5.52. The zero-order valence-electron chi connectivity index (χ0n) is 20.7. The van der Waals surface area contributed by atoms with E-state index < -0.39 is 17.6 Å². The van der Waals surface area contributed by atoms with E-state index in [1.165, 1.54) is 30.5 Å². The van der Waals surface area contributed by atoms with E-state index in [0.717, 1.165) is 11.8 Å². The smallest absolute Gasteiger partial charge is 0.254 e. The topological polar surface area (TPSA) is 116 Å². The summed E-state index contributed by atoms with van der Waals surface area (Å²) in [6.45, 7) is 4.16. The summed E-state index contributed by atoms with van der Waals surface area (Å²) in [6, 6.07) is 18.0. The summed E-state index contributed by atoms with van der Waals surface area (Å²) in [5.41, 5.74) is 2.13. The minimum absolute atomic E-state index is 0.0171. The van der Waals surface area contributed by atoms with E-state index in [2.05, 4.69) is 22.0 Å². The molecular formula is C28H25FN4O4S. The molecule has 2 heterocycles. The van der Waals surface area contributed by atoms with Crippen LogP contribution >= 0.6 is 11.8 Å². The first-order valence-corrected chi connectivity index (χ1v) is 12.8. The van der Waals surface area contributed by atoms with Gasteiger partial charge < -0.3 is 25.1 Å². The van der Waals surface area contributed by atoms with Gasteiger partial charge >= 0.3 is 0 Å². The Labute approximate surface area is 223 Å². The van der Waals surface area contributed by atoms with E-state index in [4.69, 9.17) is 9.15 Å². The minimum atomic E-state index is -0.776. The number of rotatable bonds is 9. The van der Waals surface area contributed by atoms with Crippen molar-refractivity contribution < 1.29 is 23.1 Å². The quantitative estimate of drug-likeness (QED) is 0.332. The highest BCUT2D eigenvalue weighted by molar-refractivity contribution is 8.03. The molecule has 10 heteroatoms. The Kier molecular flexibility index (Phi) is 8.51. The number of hydrogen-bond donors (Lipinski definition) is 3. The minimum Gasteiger partial charge on any atom is -0.494 e. The maximum Gasteiger partial charge on any atom is 0.254 e. The lowest BCUT2D eigenvalue weighted by atomic mass is 9.85. The third-order valence-corrected chi connectivity index (χ3v) is 6.64. The van der Waals surface area contributed by atoms with E-state index in [1.54, 1.807) is 43.3 Å². The molecule has 2 aromatic carbocycles. The first-order valence-electron chi connectivity index (χ1n) is 11.8. The van der Waals surface area contributed by atoms with Crippen LogP contribution in [0.25, 0.3) is 0 Å². The van der Waals surface area contributed by atoms with Crippen molar-refractivity contribution in [3.63, 3.8) is 0 Å². The molecule has 8 nitrogen and oxygen atoms in total. The average molecular weight is 533 g/mol. The molecule has 3 aromatic rings. The molecule has 194 valence electrons. The van der Waals surface area contributed by atoms with Crippen molar-refractivity contribution in [1.82, 2.24) is 5.32 Å². The molecule has 0 unspecified atom stereocenters. The normalized spacial score (nSPS) is 14.9. The second-order valence-electron chi connectivity index (χ2n) is 8.22. The molecule has 4 rings (SSSR count). The highest BCUT2D eigenvalue weighted by Gasteiger charge is 2.36. The maximum atomic E-state index is 13.4. The largest absolute Gasteiger partial charge is 0.494 e. The highest BCUT2D eigenvalue weighted by Crippen LogP contribution is 2.41. The van der Waals surface area contributed by atoms with Gasteiger partial charge in [-0.2, -0.15) is 5.26 Å². The summed E-state index contributed by atoms with van der Waals surface area (Å²) in [7, 11) is 0. The van der Waals surface area contributed by atoms with Gasteiger partial charge in [-0.15, -0.1) is 0 Å². The standard InChI is InChI=1S/C28H25FN4O4S/c1-3-36-21-12-10-20(11-13-21)33-27(35)25-17(2)31-28(22(15-30)26(25)23-5-4-14-37-23)38-16-24(34)32-19-8-6-18(29)7-9-19/h4-14,26,31H,3,16H2,1-2H3,(H,32,34)(H,33,35)/t26-/m1/s1. The number of ether oxygens (including phenoxy) is 1. The molecule has 0 saturated carbocycles. The number of anilines is 2. The van der Waals surface area contributed by atoms with Crippen LogP contribution < -0.4 is 20.7 Å². The number of nitrogens with zero attached hydrogens (tertiary/aromatic N) is 1. The number of benzene rings is 2. The number of halogens is 1. The summed E-state index contributed by atoms with van der Waals surface area (Å²) >= 11 is 1.13. The van der Waals surface area contributed by atoms with E-state index in [0.29, 0.717) is 45.8 Å². The summed E-state index contributed by atoms with van der Waals surface area (Å²) in [4.78, 5) is 25.9. The molecule has 2 amide bonds. The lowest BCUT2D eigenvalue weighted by Gasteiger charge is -2.28. The fourth-order valence-electron chi connectivity index (χ4n) is 3.94. The third-order valence-electron chi connectivity index (χ3n) is 5.62. The molecular weight excluding hydrogens is 507 g/mol. The van der Waals surface area contributed by atoms with Crippen molar-refractivity contribution >= 4 is 35.0 Å². The van der Waals surface area contributed by atoms with Gasteiger partial charge in [-0.1, -0.05) is 11.8 Å². The third kappa shape index (κ3) is 6.25. The Morgan fingerprint density at radius 3 is 2.42 bits per heavy atom. The van der Waals surface area contributed by atoms with Gasteiger partial charge in [-0.3, -0.25) is 9.59 Å². The van der Waals surface area contributed by atoms with Crippen LogP contribution in [0.4, 0.5) is 15.8 Å². The van der Waals surface area contributed by atoms with Gasteiger partial charge in [0.1, 0.15) is 17.3 Å². The Hall–Kier alpha value is -4.49. The van der Waals surface area contributed by atoms with E-state index in [9.17, 15) is 19.2 Å². The predicted molar refractivity (Wildman–Crippen MR) is 144 cm³/mol. The molecule has 1 aliphatic rings. The number of amides is 2. The summed E-state index contributed by atoms with van der Waals surface area (Å²) in [6.07, 6.45) is 1.48. The lowest BCUT2D eigenvalue weighted by molar-refractivity contribution is -0.114. The zero-order chi connectivity index (χ0) is 27.1. The number of dihydropyridines is 1. The maximum absolute atomic E-state index is 13.4. The molecule has 1 aliphatic heterocycles. The van der Waals surface area contributed by atoms with Gasteiger partial charge in [0.05, 0.1) is 46.8 Å². The number of furan rings is 1. The van der Waals surface area contributed by atoms with E-state index >= 15 is 0 Å². The molecule has 0 fully saturated rings. The molecule has 3 N–H and O–H groups in total. The van der Waals surface area contributed by atoms with Gasteiger partial charge in [0.25, 0.3) is 5.91 Å². The van der Waals surface area contributed by atoms with Crippen LogP contribution in [-0.4, -0.2) is 24.2 Å². The molecule has 0 spiro atoms. The SMILES string of the molecule is CCOc1ccc(NC(=O)C2=C(C)NC(SCC(=O)Nc3ccc(F)cc3)=C(C#N)[C@@H]2c2ccco2)cc1. The Bertz CT molecular complexity index is 1410. The van der Waals surface area contributed by atoms with Crippen LogP contribution in [0, 0.1) is 17.1 Å². The average Bonchev–Trinajstić information content (AvgIpc) is 3.44. The van der Waals surface area contributed by atoms with Crippen LogP contribution in [0.2, 0.25) is 0 Å². The van der Waals surface area contributed by atoms with Gasteiger partial charge in [-0.25, -0.2) is 4.39 Å². The van der Waals surface area contributed by atoms with Crippen LogP contribution in [0.3, 0.4) is 0 Å². The van der Waals surface area contributed by atoms with Crippen LogP contribution in [-0.2, 0) is 9.59 Å². The van der Waals surface area contributed by atoms with Gasteiger partial charge in [0.2, 0.25) is 5.91 Å². The second kappa shape index (κ2) is 12.2. The van der Waals surface area contributed by atoms with Gasteiger partial charge in [0, 0.05) is 17.1 Å². The first-order chi connectivity index (χ1) is 18.4. The number of carbonyl (C=O) groups excluding carboxylic acids is 2. The fourth-order valence-corrected chi connectivity index (χ4v) is 4.83. The van der Waals surface area contributed by atoms with Crippen LogP contribution in [0.1, 0.15) is 25.5 Å². The molecule has 0 bridgehead atoms. The Morgan fingerprint density at radius 2 is 1.79 bits per heavy atom. The van der Waals surface area contributed by atoms with Crippen LogP contribution in [0.15, 0.2) is 93.2 Å². The molecule has 0 aliphatic carbocycles. The summed E-state index contributed by atoms with van der Waals surface area (Å²) in [5.74, 6) is -0.809. The van der Waals surface area contributed by atoms with Crippen molar-refractivity contribution in [3.8, 4) is 11.8 Å². The van der Waals surface area contributed by atoms with Crippen molar-refractivity contribution in [2.24, 2.45) is 0 Å². The first kappa shape index (κ1) is 26.6. The molecule has 0 saturated heterocycles. The van der Waals surface area contributed by atoms with Gasteiger partial charge in [0.15, 0.2) is 0 Å². The fraction of sp³-hybridized carbons (Fsp3) is 0.179. The van der Waals surface area contributed by atoms with E-state index in [-0.39, 0.29) is 17.2 Å². The summed E-state index contributed by atoms with van der Waals surface area (Å²) in [5, 5.41) is 19.3.